The quantitative estimate of drug-likeness (QED) is 0.830. The standard InChI is InChI=1S/C16H20N4O3/c1-4-23-15(21)14-9-10-20(19-14)13-7-5-12(6-8-13)18-16(22)17-11(2)3/h5-11H,4H2,1-3H3,(H2,17,18,22). The summed E-state index contributed by atoms with van der Waals surface area (Å²) in [6.45, 7) is 5.84. The molecule has 1 aromatic carbocycles. The maximum atomic E-state index is 11.6. The molecule has 0 aliphatic heterocycles. The topological polar surface area (TPSA) is 85.2 Å². The summed E-state index contributed by atoms with van der Waals surface area (Å²) in [6, 6.07) is 8.54. The average molecular weight is 316 g/mol. The summed E-state index contributed by atoms with van der Waals surface area (Å²) < 4.78 is 6.48. The Hall–Kier alpha value is -2.83. The van der Waals surface area contributed by atoms with Crippen LogP contribution in [0, 0.1) is 0 Å². The lowest BCUT2D eigenvalue weighted by Gasteiger charge is -2.10. The molecule has 0 saturated carbocycles. The molecule has 0 saturated heterocycles. The molecule has 0 aliphatic carbocycles. The van der Waals surface area contributed by atoms with Crippen molar-refractivity contribution < 1.29 is 14.3 Å². The third kappa shape index (κ3) is 4.57. The minimum absolute atomic E-state index is 0.0691. The van der Waals surface area contributed by atoms with Gasteiger partial charge in [0.2, 0.25) is 0 Å². The third-order valence-electron chi connectivity index (χ3n) is 2.88. The molecule has 2 N–H and O–H groups in total. The largest absolute Gasteiger partial charge is 0.461 e. The molecule has 7 heteroatoms. The molecule has 0 spiro atoms. The zero-order valence-electron chi connectivity index (χ0n) is 13.4. The van der Waals surface area contributed by atoms with Gasteiger partial charge in [0.1, 0.15) is 0 Å². The van der Waals surface area contributed by atoms with Crippen molar-refractivity contribution in [2.45, 2.75) is 26.8 Å². The van der Waals surface area contributed by atoms with Crippen molar-refractivity contribution in [3.63, 3.8) is 0 Å². The molecule has 1 heterocycles. The van der Waals surface area contributed by atoms with E-state index in [0.717, 1.165) is 5.69 Å². The lowest BCUT2D eigenvalue weighted by Crippen LogP contribution is -2.34. The highest BCUT2D eigenvalue weighted by atomic mass is 16.5. The fraction of sp³-hybridized carbons (Fsp3) is 0.312. The number of amides is 2. The third-order valence-corrected chi connectivity index (χ3v) is 2.88. The highest BCUT2D eigenvalue weighted by Crippen LogP contribution is 2.13. The number of urea groups is 1. The molecule has 23 heavy (non-hydrogen) atoms. The predicted octanol–water partition coefficient (Wildman–Crippen LogP) is 2.58. The van der Waals surface area contributed by atoms with Gasteiger partial charge >= 0.3 is 12.0 Å². The summed E-state index contributed by atoms with van der Waals surface area (Å²) in [5.41, 5.74) is 1.70. The summed E-state index contributed by atoms with van der Waals surface area (Å²) in [5, 5.41) is 9.66. The van der Waals surface area contributed by atoms with Gasteiger partial charge in [-0.05, 0) is 51.1 Å². The Morgan fingerprint density at radius 1 is 1.22 bits per heavy atom. The summed E-state index contributed by atoms with van der Waals surface area (Å²) in [4.78, 5) is 23.2. The van der Waals surface area contributed by atoms with E-state index >= 15 is 0 Å². The fourth-order valence-corrected chi connectivity index (χ4v) is 1.91. The second-order valence-electron chi connectivity index (χ2n) is 5.17. The smallest absolute Gasteiger partial charge is 0.358 e. The van der Waals surface area contributed by atoms with Gasteiger partial charge in [0.05, 0.1) is 12.3 Å². The molecule has 1 aromatic heterocycles. The lowest BCUT2D eigenvalue weighted by atomic mass is 10.3. The predicted molar refractivity (Wildman–Crippen MR) is 86.8 cm³/mol. The molecule has 7 nitrogen and oxygen atoms in total. The fourth-order valence-electron chi connectivity index (χ4n) is 1.91. The Morgan fingerprint density at radius 2 is 1.91 bits per heavy atom. The number of carbonyl (C=O) groups is 2. The molecule has 2 amide bonds. The van der Waals surface area contributed by atoms with Gasteiger partial charge in [-0.15, -0.1) is 0 Å². The Labute approximate surface area is 134 Å². The van der Waals surface area contributed by atoms with Crippen LogP contribution in [0.15, 0.2) is 36.5 Å². The number of anilines is 1. The van der Waals surface area contributed by atoms with Gasteiger partial charge in [0.25, 0.3) is 0 Å². The summed E-state index contributed by atoms with van der Waals surface area (Å²) in [6.07, 6.45) is 1.68. The highest BCUT2D eigenvalue weighted by molar-refractivity contribution is 5.89. The second kappa shape index (κ2) is 7.44. The first-order valence-electron chi connectivity index (χ1n) is 7.40. The maximum absolute atomic E-state index is 11.6. The molecule has 0 atom stereocenters. The van der Waals surface area contributed by atoms with Crippen LogP contribution in [0.4, 0.5) is 10.5 Å². The van der Waals surface area contributed by atoms with E-state index in [4.69, 9.17) is 4.74 Å². The Morgan fingerprint density at radius 3 is 2.52 bits per heavy atom. The molecule has 0 unspecified atom stereocenters. The molecule has 0 fully saturated rings. The number of rotatable bonds is 5. The number of nitrogens with zero attached hydrogens (tertiary/aromatic N) is 2. The molecule has 2 aromatic rings. The number of benzene rings is 1. The van der Waals surface area contributed by atoms with Crippen LogP contribution in [0.3, 0.4) is 0 Å². The van der Waals surface area contributed by atoms with Gasteiger partial charge < -0.3 is 15.4 Å². The lowest BCUT2D eigenvalue weighted by molar-refractivity contribution is 0.0519. The Kier molecular flexibility index (Phi) is 5.35. The highest BCUT2D eigenvalue weighted by Gasteiger charge is 2.11. The van der Waals surface area contributed by atoms with E-state index in [-0.39, 0.29) is 17.8 Å². The van der Waals surface area contributed by atoms with Crippen molar-refractivity contribution in [1.82, 2.24) is 15.1 Å². The van der Waals surface area contributed by atoms with Crippen LogP contribution in [0.1, 0.15) is 31.3 Å². The molecule has 122 valence electrons. The van der Waals surface area contributed by atoms with Gasteiger partial charge in [0.15, 0.2) is 5.69 Å². The van der Waals surface area contributed by atoms with Gasteiger partial charge in [-0.25, -0.2) is 14.3 Å². The molecule has 2 rings (SSSR count). The molecular formula is C16H20N4O3. The summed E-state index contributed by atoms with van der Waals surface area (Å²) >= 11 is 0. The molecule has 0 aliphatic rings. The molecular weight excluding hydrogens is 296 g/mol. The summed E-state index contributed by atoms with van der Waals surface area (Å²) in [7, 11) is 0. The van der Waals surface area contributed by atoms with E-state index in [0.29, 0.717) is 12.3 Å². The van der Waals surface area contributed by atoms with Gasteiger partial charge in [-0.2, -0.15) is 5.10 Å². The zero-order valence-corrected chi connectivity index (χ0v) is 13.4. The van der Waals surface area contributed by atoms with E-state index in [1.165, 1.54) is 0 Å². The number of ether oxygens (including phenoxy) is 1. The number of esters is 1. The Bertz CT molecular complexity index is 677. The number of nitrogens with one attached hydrogen (secondary N) is 2. The van der Waals surface area contributed by atoms with Crippen LogP contribution in [-0.2, 0) is 4.74 Å². The van der Waals surface area contributed by atoms with Crippen molar-refractivity contribution in [2.24, 2.45) is 0 Å². The second-order valence-corrected chi connectivity index (χ2v) is 5.17. The van der Waals surface area contributed by atoms with Crippen LogP contribution >= 0.6 is 0 Å². The van der Waals surface area contributed by atoms with Crippen molar-refractivity contribution >= 4 is 17.7 Å². The van der Waals surface area contributed by atoms with Crippen molar-refractivity contribution in [2.75, 3.05) is 11.9 Å². The van der Waals surface area contributed by atoms with E-state index in [1.54, 1.807) is 48.1 Å². The van der Waals surface area contributed by atoms with E-state index in [2.05, 4.69) is 15.7 Å². The molecule has 0 radical (unpaired) electrons. The van der Waals surface area contributed by atoms with Gasteiger partial charge in [-0.1, -0.05) is 0 Å². The van der Waals surface area contributed by atoms with E-state index in [1.807, 2.05) is 13.8 Å². The minimum Gasteiger partial charge on any atom is -0.461 e. The first-order chi connectivity index (χ1) is 11.0. The first-order valence-corrected chi connectivity index (χ1v) is 7.40. The van der Waals surface area contributed by atoms with Crippen molar-refractivity contribution in [1.29, 1.82) is 0 Å². The van der Waals surface area contributed by atoms with Crippen LogP contribution in [-0.4, -0.2) is 34.4 Å². The monoisotopic (exact) mass is 316 g/mol. The minimum atomic E-state index is -0.449. The summed E-state index contributed by atoms with van der Waals surface area (Å²) in [5.74, 6) is -0.449. The van der Waals surface area contributed by atoms with Crippen LogP contribution < -0.4 is 10.6 Å². The normalized spacial score (nSPS) is 10.4. The number of hydrogen-bond donors (Lipinski definition) is 2. The van der Waals surface area contributed by atoms with E-state index in [9.17, 15) is 9.59 Å². The number of aromatic nitrogens is 2. The SMILES string of the molecule is CCOC(=O)c1ccn(-c2ccc(NC(=O)NC(C)C)cc2)n1. The van der Waals surface area contributed by atoms with Crippen LogP contribution in [0.2, 0.25) is 0 Å². The molecule has 0 bridgehead atoms. The van der Waals surface area contributed by atoms with Crippen molar-refractivity contribution in [3.8, 4) is 5.69 Å². The number of carbonyl (C=O) groups excluding carboxylic acids is 2. The zero-order chi connectivity index (χ0) is 16.8. The van der Waals surface area contributed by atoms with Crippen molar-refractivity contribution in [3.05, 3.63) is 42.2 Å². The Balaban J connectivity index is 2.05. The van der Waals surface area contributed by atoms with Crippen LogP contribution in [0.25, 0.3) is 5.69 Å². The van der Waals surface area contributed by atoms with Gasteiger partial charge in [0, 0.05) is 17.9 Å². The maximum Gasteiger partial charge on any atom is 0.358 e. The van der Waals surface area contributed by atoms with Gasteiger partial charge in [-0.3, -0.25) is 0 Å². The van der Waals surface area contributed by atoms with E-state index < -0.39 is 5.97 Å². The first kappa shape index (κ1) is 16.5. The number of hydrogen-bond acceptors (Lipinski definition) is 4. The average Bonchev–Trinajstić information content (AvgIpc) is 2.97. The van der Waals surface area contributed by atoms with Crippen LogP contribution in [0.5, 0.6) is 0 Å².